The zero-order valence-corrected chi connectivity index (χ0v) is 14.0. The van der Waals surface area contributed by atoms with E-state index in [1.54, 1.807) is 16.0 Å². The standard InChI is InChI=1S/C17H26N4O2/c1-13-4-3-5-14(2)21(13)17(23)16(22)19-9-6-15(7-10-19)20-11-8-18-12-20/h8,11-15H,3-7,9-10H2,1-2H3/t13-,14-/m0/s1. The van der Waals surface area contributed by atoms with Gasteiger partial charge in [-0.2, -0.15) is 0 Å². The van der Waals surface area contributed by atoms with Gasteiger partial charge in [0.1, 0.15) is 0 Å². The number of piperidine rings is 2. The molecule has 126 valence electrons. The van der Waals surface area contributed by atoms with Crippen LogP contribution in [0.15, 0.2) is 18.7 Å². The lowest BCUT2D eigenvalue weighted by molar-refractivity contribution is -0.156. The van der Waals surface area contributed by atoms with Crippen molar-refractivity contribution in [1.29, 1.82) is 0 Å². The van der Waals surface area contributed by atoms with Crippen molar-refractivity contribution in [2.45, 2.75) is 64.1 Å². The van der Waals surface area contributed by atoms with Crippen LogP contribution in [0.25, 0.3) is 0 Å². The summed E-state index contributed by atoms with van der Waals surface area (Å²) >= 11 is 0. The molecule has 0 saturated carbocycles. The molecule has 2 atom stereocenters. The summed E-state index contributed by atoms with van der Waals surface area (Å²) in [6.45, 7) is 5.38. The molecule has 23 heavy (non-hydrogen) atoms. The van der Waals surface area contributed by atoms with E-state index in [4.69, 9.17) is 0 Å². The number of rotatable bonds is 1. The SMILES string of the molecule is C[C@H]1CCC[C@H](C)N1C(=O)C(=O)N1CCC(n2ccnc2)CC1. The van der Waals surface area contributed by atoms with E-state index in [9.17, 15) is 9.59 Å². The van der Waals surface area contributed by atoms with Gasteiger partial charge in [0.15, 0.2) is 0 Å². The third kappa shape index (κ3) is 3.26. The topological polar surface area (TPSA) is 58.4 Å². The molecule has 2 amide bonds. The van der Waals surface area contributed by atoms with Gasteiger partial charge in [-0.05, 0) is 46.0 Å². The van der Waals surface area contributed by atoms with Crippen molar-refractivity contribution in [2.75, 3.05) is 13.1 Å². The van der Waals surface area contributed by atoms with Gasteiger partial charge in [0, 0.05) is 43.6 Å². The quantitative estimate of drug-likeness (QED) is 0.742. The molecule has 1 aromatic heterocycles. The molecular formula is C17H26N4O2. The van der Waals surface area contributed by atoms with Crippen molar-refractivity contribution < 1.29 is 9.59 Å². The monoisotopic (exact) mass is 318 g/mol. The van der Waals surface area contributed by atoms with E-state index in [-0.39, 0.29) is 23.9 Å². The van der Waals surface area contributed by atoms with Crippen molar-refractivity contribution in [3.05, 3.63) is 18.7 Å². The number of likely N-dealkylation sites (tertiary alicyclic amines) is 2. The molecule has 0 radical (unpaired) electrons. The molecule has 2 aliphatic heterocycles. The predicted octanol–water partition coefficient (Wildman–Crippen LogP) is 1.84. The normalized spacial score (nSPS) is 26.3. The van der Waals surface area contributed by atoms with Gasteiger partial charge in [-0.1, -0.05) is 0 Å². The number of carbonyl (C=O) groups excluding carboxylic acids is 2. The van der Waals surface area contributed by atoms with Crippen LogP contribution < -0.4 is 0 Å². The maximum absolute atomic E-state index is 12.6. The predicted molar refractivity (Wildman–Crippen MR) is 86.7 cm³/mol. The van der Waals surface area contributed by atoms with Gasteiger partial charge in [0.2, 0.25) is 0 Å². The minimum absolute atomic E-state index is 0.165. The van der Waals surface area contributed by atoms with E-state index < -0.39 is 0 Å². The molecule has 2 aliphatic rings. The molecule has 3 heterocycles. The average Bonchev–Trinajstić information content (AvgIpc) is 3.08. The highest BCUT2D eigenvalue weighted by Gasteiger charge is 2.36. The van der Waals surface area contributed by atoms with Crippen LogP contribution in [0.4, 0.5) is 0 Å². The third-order valence-electron chi connectivity index (χ3n) is 5.31. The van der Waals surface area contributed by atoms with Gasteiger partial charge in [-0.25, -0.2) is 4.98 Å². The lowest BCUT2D eigenvalue weighted by Crippen LogP contribution is -2.54. The van der Waals surface area contributed by atoms with Crippen molar-refractivity contribution in [3.8, 4) is 0 Å². The van der Waals surface area contributed by atoms with Crippen LogP contribution in [0.3, 0.4) is 0 Å². The Morgan fingerprint density at radius 2 is 1.65 bits per heavy atom. The first-order chi connectivity index (χ1) is 11.1. The third-order valence-corrected chi connectivity index (χ3v) is 5.31. The Morgan fingerprint density at radius 1 is 1.00 bits per heavy atom. The van der Waals surface area contributed by atoms with Gasteiger partial charge < -0.3 is 14.4 Å². The Labute approximate surface area is 137 Å². The molecular weight excluding hydrogens is 292 g/mol. The number of hydrogen-bond donors (Lipinski definition) is 0. The number of imidazole rings is 1. The largest absolute Gasteiger partial charge is 0.334 e. The fourth-order valence-electron chi connectivity index (χ4n) is 3.92. The van der Waals surface area contributed by atoms with Crippen LogP contribution in [-0.2, 0) is 9.59 Å². The van der Waals surface area contributed by atoms with E-state index in [1.165, 1.54) is 0 Å². The van der Waals surface area contributed by atoms with Crippen LogP contribution in [0, 0.1) is 0 Å². The van der Waals surface area contributed by atoms with Crippen LogP contribution >= 0.6 is 0 Å². The molecule has 0 aliphatic carbocycles. The van der Waals surface area contributed by atoms with Gasteiger partial charge in [-0.3, -0.25) is 9.59 Å². The number of carbonyl (C=O) groups is 2. The number of hydrogen-bond acceptors (Lipinski definition) is 3. The Morgan fingerprint density at radius 3 is 2.22 bits per heavy atom. The molecule has 1 aromatic rings. The van der Waals surface area contributed by atoms with Crippen LogP contribution in [0.1, 0.15) is 52.0 Å². The molecule has 0 bridgehead atoms. The summed E-state index contributed by atoms with van der Waals surface area (Å²) in [4.78, 5) is 32.8. The number of aromatic nitrogens is 2. The molecule has 6 nitrogen and oxygen atoms in total. The molecule has 0 unspecified atom stereocenters. The van der Waals surface area contributed by atoms with Crippen LogP contribution in [0.2, 0.25) is 0 Å². The van der Waals surface area contributed by atoms with Crippen LogP contribution in [-0.4, -0.2) is 56.3 Å². The molecule has 0 aromatic carbocycles. The highest BCUT2D eigenvalue weighted by molar-refractivity contribution is 6.35. The highest BCUT2D eigenvalue weighted by atomic mass is 16.2. The van der Waals surface area contributed by atoms with E-state index in [1.807, 2.05) is 26.4 Å². The van der Waals surface area contributed by atoms with E-state index >= 15 is 0 Å². The molecule has 6 heteroatoms. The summed E-state index contributed by atoms with van der Waals surface area (Å²) in [5.74, 6) is -0.638. The van der Waals surface area contributed by atoms with Gasteiger partial charge in [-0.15, -0.1) is 0 Å². The first-order valence-corrected chi connectivity index (χ1v) is 8.67. The van der Waals surface area contributed by atoms with Gasteiger partial charge in [0.25, 0.3) is 0 Å². The van der Waals surface area contributed by atoms with E-state index in [0.29, 0.717) is 19.1 Å². The number of nitrogens with zero attached hydrogens (tertiary/aromatic N) is 4. The lowest BCUT2D eigenvalue weighted by atomic mass is 9.97. The summed E-state index contributed by atoms with van der Waals surface area (Å²) in [7, 11) is 0. The summed E-state index contributed by atoms with van der Waals surface area (Å²) < 4.78 is 2.10. The first-order valence-electron chi connectivity index (χ1n) is 8.67. The fourth-order valence-corrected chi connectivity index (χ4v) is 3.92. The summed E-state index contributed by atoms with van der Waals surface area (Å²) in [5, 5.41) is 0. The molecule has 2 fully saturated rings. The Hall–Kier alpha value is -1.85. The Kier molecular flexibility index (Phi) is 4.68. The average molecular weight is 318 g/mol. The zero-order chi connectivity index (χ0) is 16.4. The second-order valence-electron chi connectivity index (χ2n) is 6.87. The second kappa shape index (κ2) is 6.72. The van der Waals surface area contributed by atoms with Gasteiger partial charge in [0.05, 0.1) is 6.33 Å². The maximum atomic E-state index is 12.6. The lowest BCUT2D eigenvalue weighted by Gasteiger charge is -2.40. The zero-order valence-electron chi connectivity index (χ0n) is 14.0. The van der Waals surface area contributed by atoms with E-state index in [0.717, 1.165) is 32.1 Å². The van der Waals surface area contributed by atoms with Crippen molar-refractivity contribution in [2.24, 2.45) is 0 Å². The highest BCUT2D eigenvalue weighted by Crippen LogP contribution is 2.25. The Balaban J connectivity index is 1.59. The fraction of sp³-hybridized carbons (Fsp3) is 0.706. The molecule has 3 rings (SSSR count). The van der Waals surface area contributed by atoms with Crippen LogP contribution in [0.5, 0.6) is 0 Å². The first kappa shape index (κ1) is 16.0. The minimum Gasteiger partial charge on any atom is -0.334 e. The van der Waals surface area contributed by atoms with Crippen molar-refractivity contribution in [3.63, 3.8) is 0 Å². The molecule has 0 N–H and O–H groups in total. The minimum atomic E-state index is -0.324. The second-order valence-corrected chi connectivity index (χ2v) is 6.87. The summed E-state index contributed by atoms with van der Waals surface area (Å²) in [5.41, 5.74) is 0. The molecule has 2 saturated heterocycles. The summed E-state index contributed by atoms with van der Waals surface area (Å²) in [6, 6.07) is 0.710. The van der Waals surface area contributed by atoms with E-state index in [2.05, 4.69) is 9.55 Å². The Bertz CT molecular complexity index is 539. The number of amides is 2. The smallest absolute Gasteiger partial charge is 0.312 e. The van der Waals surface area contributed by atoms with Crippen molar-refractivity contribution in [1.82, 2.24) is 19.4 Å². The van der Waals surface area contributed by atoms with Gasteiger partial charge >= 0.3 is 11.8 Å². The van der Waals surface area contributed by atoms with Crippen molar-refractivity contribution >= 4 is 11.8 Å². The maximum Gasteiger partial charge on any atom is 0.312 e. The summed E-state index contributed by atoms with van der Waals surface area (Å²) in [6.07, 6.45) is 10.4. The molecule has 0 spiro atoms.